The Morgan fingerprint density at radius 2 is 1.75 bits per heavy atom. The number of carbonyl (C=O) groups excluding carboxylic acids is 3. The molecule has 0 aliphatic carbocycles. The van der Waals surface area contributed by atoms with Gasteiger partial charge in [0.2, 0.25) is 11.8 Å². The van der Waals surface area contributed by atoms with E-state index < -0.39 is 6.04 Å². The highest BCUT2D eigenvalue weighted by atomic mass is 16.2. The Kier molecular flexibility index (Phi) is 9.21. The van der Waals surface area contributed by atoms with E-state index in [0.717, 1.165) is 81.9 Å². The van der Waals surface area contributed by atoms with Crippen molar-refractivity contribution >= 4 is 35.3 Å². The van der Waals surface area contributed by atoms with Crippen molar-refractivity contribution in [2.75, 3.05) is 43.4 Å². The van der Waals surface area contributed by atoms with Gasteiger partial charge in [0.05, 0.1) is 11.9 Å². The molecule has 1 aromatic heterocycles. The number of aromatic nitrogens is 2. The van der Waals surface area contributed by atoms with Gasteiger partial charge in [-0.2, -0.15) is 0 Å². The number of carbonyl (C=O) groups is 3. The summed E-state index contributed by atoms with van der Waals surface area (Å²) in [7, 11) is 1.82. The van der Waals surface area contributed by atoms with Crippen LogP contribution in [0.3, 0.4) is 0 Å². The van der Waals surface area contributed by atoms with E-state index in [1.165, 1.54) is 23.0 Å². The van der Waals surface area contributed by atoms with Crippen LogP contribution in [0.25, 0.3) is 0 Å². The van der Waals surface area contributed by atoms with Gasteiger partial charge in [-0.3, -0.25) is 24.6 Å². The Hall–Kier alpha value is -4.64. The Bertz CT molecular complexity index is 1690. The van der Waals surface area contributed by atoms with Crippen molar-refractivity contribution in [3.8, 4) is 0 Å². The molecule has 3 fully saturated rings. The molecule has 3 amide bonds. The van der Waals surface area contributed by atoms with Crippen molar-refractivity contribution in [2.45, 2.75) is 70.0 Å². The van der Waals surface area contributed by atoms with Gasteiger partial charge in [-0.05, 0) is 91.9 Å². The maximum atomic E-state index is 13.1. The van der Waals surface area contributed by atoms with Crippen LogP contribution < -0.4 is 15.5 Å². The van der Waals surface area contributed by atoms with Gasteiger partial charge in [-0.1, -0.05) is 24.3 Å². The number of hydrogen-bond donors (Lipinski definition) is 3. The van der Waals surface area contributed by atoms with Gasteiger partial charge in [0.1, 0.15) is 17.6 Å². The Morgan fingerprint density at radius 3 is 2.46 bits per heavy atom. The molecule has 3 N–H and O–H groups in total. The zero-order chi connectivity index (χ0) is 33.2. The first-order chi connectivity index (χ1) is 23.4. The number of likely N-dealkylation sites (tertiary alicyclic amines) is 1. The molecule has 250 valence electrons. The Labute approximate surface area is 281 Å². The summed E-state index contributed by atoms with van der Waals surface area (Å²) in [5.74, 6) is 1.08. The zero-order valence-electron chi connectivity index (χ0n) is 27.6. The van der Waals surface area contributed by atoms with E-state index in [4.69, 9.17) is 5.41 Å². The zero-order valence-corrected chi connectivity index (χ0v) is 27.6. The molecule has 11 heteroatoms. The first kappa shape index (κ1) is 31.9. The largest absolute Gasteiger partial charge is 0.385 e. The fourth-order valence-electron chi connectivity index (χ4n) is 7.83. The second-order valence-electron chi connectivity index (χ2n) is 13.6. The molecule has 1 unspecified atom stereocenters. The molecular formula is C37H44N8O3. The Morgan fingerprint density at radius 1 is 0.979 bits per heavy atom. The molecule has 7 rings (SSSR count). The van der Waals surface area contributed by atoms with Gasteiger partial charge < -0.3 is 20.5 Å². The minimum atomic E-state index is -0.577. The molecule has 4 aliphatic heterocycles. The predicted octanol–water partition coefficient (Wildman–Crippen LogP) is 4.12. The van der Waals surface area contributed by atoms with Crippen LogP contribution in [-0.4, -0.2) is 83.0 Å². The smallest absolute Gasteiger partial charge is 0.255 e. The summed E-state index contributed by atoms with van der Waals surface area (Å²) >= 11 is 0. The highest BCUT2D eigenvalue weighted by molar-refractivity contribution is 6.05. The van der Waals surface area contributed by atoms with Crippen molar-refractivity contribution in [3.63, 3.8) is 0 Å². The molecule has 1 atom stereocenters. The van der Waals surface area contributed by atoms with E-state index in [-0.39, 0.29) is 24.1 Å². The maximum absolute atomic E-state index is 13.1. The van der Waals surface area contributed by atoms with Crippen LogP contribution in [-0.2, 0) is 29.1 Å². The van der Waals surface area contributed by atoms with Crippen LogP contribution in [0, 0.1) is 11.3 Å². The third kappa shape index (κ3) is 6.69. The molecule has 0 spiro atoms. The van der Waals surface area contributed by atoms with E-state index in [2.05, 4.69) is 66.8 Å². The lowest BCUT2D eigenvalue weighted by molar-refractivity contribution is -0.136. The molecular weight excluding hydrogens is 604 g/mol. The number of nitrogens with zero attached hydrogens (tertiary/aromatic N) is 5. The lowest BCUT2D eigenvalue weighted by Gasteiger charge is -2.34. The maximum Gasteiger partial charge on any atom is 0.255 e. The lowest BCUT2D eigenvalue weighted by Crippen LogP contribution is -2.52. The lowest BCUT2D eigenvalue weighted by atomic mass is 9.87. The third-order valence-electron chi connectivity index (χ3n) is 10.7. The number of benzene rings is 2. The number of nitrogens with one attached hydrogen (secondary N) is 3. The molecule has 0 saturated carbocycles. The quantitative estimate of drug-likeness (QED) is 0.233. The average Bonchev–Trinajstić information content (AvgIpc) is 3.44. The van der Waals surface area contributed by atoms with Crippen LogP contribution in [0.5, 0.6) is 0 Å². The van der Waals surface area contributed by atoms with Crippen molar-refractivity contribution < 1.29 is 14.4 Å². The number of fused-ring (bicyclic) bond motifs is 1. The van der Waals surface area contributed by atoms with Gasteiger partial charge in [0, 0.05) is 63.5 Å². The summed E-state index contributed by atoms with van der Waals surface area (Å²) in [5.41, 5.74) is 6.98. The fraction of sp³-hybridized carbons (Fsp3) is 0.459. The first-order valence-electron chi connectivity index (χ1n) is 17.3. The van der Waals surface area contributed by atoms with Crippen molar-refractivity contribution in [1.29, 1.82) is 5.41 Å². The average molecular weight is 649 g/mol. The topological polar surface area (TPSA) is 135 Å². The van der Waals surface area contributed by atoms with Gasteiger partial charge in [0.25, 0.3) is 5.91 Å². The number of piperidine rings is 3. The molecule has 5 heterocycles. The van der Waals surface area contributed by atoms with E-state index in [9.17, 15) is 14.4 Å². The predicted molar refractivity (Wildman–Crippen MR) is 184 cm³/mol. The van der Waals surface area contributed by atoms with E-state index in [1.54, 1.807) is 11.1 Å². The van der Waals surface area contributed by atoms with Gasteiger partial charge in [-0.15, -0.1) is 0 Å². The van der Waals surface area contributed by atoms with Gasteiger partial charge in [0.15, 0.2) is 0 Å². The SMILES string of the molecule is CNc1cnc(CC2CCN(c3ccc(CN4CCC(c5ccc6c(c5)CN(C5CCC(=O)NC5=O)C6=O)CC4)cc3)CC2)nc1C=N. The second-order valence-corrected chi connectivity index (χ2v) is 13.6. The fourth-order valence-corrected chi connectivity index (χ4v) is 7.83. The molecule has 0 radical (unpaired) electrons. The van der Waals surface area contributed by atoms with Crippen molar-refractivity contribution in [1.82, 2.24) is 25.1 Å². The van der Waals surface area contributed by atoms with E-state index in [0.29, 0.717) is 36.1 Å². The molecule has 4 aliphatic rings. The van der Waals surface area contributed by atoms with Gasteiger partial charge in [-0.25, -0.2) is 9.97 Å². The van der Waals surface area contributed by atoms with Crippen molar-refractivity contribution in [3.05, 3.63) is 82.4 Å². The summed E-state index contributed by atoms with van der Waals surface area (Å²) in [6.07, 6.45) is 8.92. The minimum Gasteiger partial charge on any atom is -0.385 e. The highest BCUT2D eigenvalue weighted by Crippen LogP contribution is 2.34. The van der Waals surface area contributed by atoms with Crippen LogP contribution in [0.4, 0.5) is 11.4 Å². The van der Waals surface area contributed by atoms with Gasteiger partial charge >= 0.3 is 0 Å². The number of anilines is 2. The summed E-state index contributed by atoms with van der Waals surface area (Å²) in [6, 6.07) is 14.7. The molecule has 11 nitrogen and oxygen atoms in total. The number of hydrogen-bond acceptors (Lipinski definition) is 9. The van der Waals surface area contributed by atoms with Crippen LogP contribution >= 0.6 is 0 Å². The monoisotopic (exact) mass is 648 g/mol. The second kappa shape index (κ2) is 13.8. The Balaban J connectivity index is 0.874. The highest BCUT2D eigenvalue weighted by Gasteiger charge is 2.39. The number of imide groups is 1. The summed E-state index contributed by atoms with van der Waals surface area (Å²) < 4.78 is 0. The first-order valence-corrected chi connectivity index (χ1v) is 17.3. The summed E-state index contributed by atoms with van der Waals surface area (Å²) in [5, 5.41) is 13.1. The normalized spacial score (nSPS) is 20.9. The standard InChI is InChI=1S/C37H44N8O3/c1-39-32-21-40-34(41-31(32)20-38)18-24-10-16-44(17-11-24)29-5-2-25(3-6-29)22-43-14-12-26(13-15-43)27-4-7-30-28(19-27)23-45(37(30)48)33-8-9-35(46)42-36(33)47/h2-7,19-21,24,26,33,38-39H,8-18,22-23H2,1H3,(H,42,46,47). The third-order valence-corrected chi connectivity index (χ3v) is 10.7. The van der Waals surface area contributed by atoms with Crippen LogP contribution in [0.2, 0.25) is 0 Å². The van der Waals surface area contributed by atoms with Crippen LogP contribution in [0.15, 0.2) is 48.7 Å². The molecule has 48 heavy (non-hydrogen) atoms. The molecule has 0 bridgehead atoms. The molecule has 3 aromatic rings. The van der Waals surface area contributed by atoms with Crippen LogP contribution in [0.1, 0.15) is 83.0 Å². The van der Waals surface area contributed by atoms with E-state index in [1.807, 2.05) is 13.1 Å². The summed E-state index contributed by atoms with van der Waals surface area (Å²) in [4.78, 5) is 52.8. The molecule has 2 aromatic carbocycles. The van der Waals surface area contributed by atoms with Crippen molar-refractivity contribution in [2.24, 2.45) is 5.92 Å². The van der Waals surface area contributed by atoms with E-state index >= 15 is 0 Å². The molecule has 3 saturated heterocycles. The summed E-state index contributed by atoms with van der Waals surface area (Å²) in [6.45, 7) is 5.47. The number of amides is 3. The minimum absolute atomic E-state index is 0.114. The number of rotatable bonds is 9.